The van der Waals surface area contributed by atoms with Gasteiger partial charge >= 0.3 is 0 Å². The van der Waals surface area contributed by atoms with Crippen molar-refractivity contribution < 1.29 is 4.79 Å². The fourth-order valence-corrected chi connectivity index (χ4v) is 2.34. The molecule has 0 aliphatic heterocycles. The minimum atomic E-state index is -0.0567. The van der Waals surface area contributed by atoms with Gasteiger partial charge in [-0.3, -0.25) is 9.78 Å². The topological polar surface area (TPSA) is 54.0 Å². The van der Waals surface area contributed by atoms with Gasteiger partial charge in [-0.05, 0) is 43.5 Å². The lowest BCUT2D eigenvalue weighted by Crippen LogP contribution is -2.25. The number of nitrogens with one attached hydrogen (secondary N) is 2. The van der Waals surface area contributed by atoms with E-state index in [1.54, 1.807) is 12.4 Å². The summed E-state index contributed by atoms with van der Waals surface area (Å²) in [4.78, 5) is 16.1. The van der Waals surface area contributed by atoms with Crippen molar-refractivity contribution in [2.24, 2.45) is 0 Å². The summed E-state index contributed by atoms with van der Waals surface area (Å²) >= 11 is 3.51. The predicted octanol–water partition coefficient (Wildman–Crippen LogP) is 3.79. The molecule has 108 valence electrons. The second-order valence-electron chi connectivity index (χ2n) is 5.30. The quantitative estimate of drug-likeness (QED) is 0.886. The zero-order valence-corrected chi connectivity index (χ0v) is 13.3. The first kappa shape index (κ1) is 14.1. The summed E-state index contributed by atoms with van der Waals surface area (Å²) < 4.78 is 1.04. The number of aryl methyl sites for hydroxylation is 1. The maximum Gasteiger partial charge on any atom is 0.253 e. The van der Waals surface area contributed by atoms with Gasteiger partial charge in [0.25, 0.3) is 5.91 Å². The lowest BCUT2D eigenvalue weighted by atomic mass is 10.2. The molecule has 1 aliphatic carbocycles. The molecule has 0 atom stereocenters. The average Bonchev–Trinajstić information content (AvgIpc) is 3.27. The number of hydrogen-bond acceptors (Lipinski definition) is 3. The molecule has 2 aromatic rings. The molecule has 1 aromatic heterocycles. The second kappa shape index (κ2) is 5.85. The fourth-order valence-electron chi connectivity index (χ4n) is 1.97. The molecule has 1 aromatic carbocycles. The van der Waals surface area contributed by atoms with Gasteiger partial charge in [0.2, 0.25) is 0 Å². The fraction of sp³-hybridized carbons (Fsp3) is 0.250. The van der Waals surface area contributed by atoms with Gasteiger partial charge in [-0.1, -0.05) is 22.0 Å². The van der Waals surface area contributed by atoms with Crippen molar-refractivity contribution in [1.29, 1.82) is 0 Å². The number of anilines is 2. The van der Waals surface area contributed by atoms with E-state index in [0.29, 0.717) is 11.6 Å². The molecular weight excluding hydrogens is 330 g/mol. The number of rotatable bonds is 4. The van der Waals surface area contributed by atoms with Gasteiger partial charge in [0, 0.05) is 22.4 Å². The van der Waals surface area contributed by atoms with Crippen molar-refractivity contribution in [1.82, 2.24) is 10.3 Å². The van der Waals surface area contributed by atoms with Crippen molar-refractivity contribution >= 4 is 33.2 Å². The van der Waals surface area contributed by atoms with E-state index in [-0.39, 0.29) is 5.91 Å². The van der Waals surface area contributed by atoms with Gasteiger partial charge in [0.05, 0.1) is 17.4 Å². The van der Waals surface area contributed by atoms with Crippen LogP contribution in [0.15, 0.2) is 41.1 Å². The van der Waals surface area contributed by atoms with Crippen molar-refractivity contribution in [3.05, 3.63) is 52.3 Å². The van der Waals surface area contributed by atoms with Crippen LogP contribution in [0.3, 0.4) is 0 Å². The van der Waals surface area contributed by atoms with Crippen LogP contribution in [0, 0.1) is 6.92 Å². The van der Waals surface area contributed by atoms with Crippen LogP contribution in [0.4, 0.5) is 11.4 Å². The number of amides is 1. The Morgan fingerprint density at radius 1 is 1.24 bits per heavy atom. The van der Waals surface area contributed by atoms with Gasteiger partial charge in [-0.25, -0.2) is 0 Å². The van der Waals surface area contributed by atoms with Crippen molar-refractivity contribution in [2.45, 2.75) is 25.8 Å². The maximum atomic E-state index is 12.0. The Kier molecular flexibility index (Phi) is 3.92. The monoisotopic (exact) mass is 345 g/mol. The largest absolute Gasteiger partial charge is 0.354 e. The predicted molar refractivity (Wildman–Crippen MR) is 86.9 cm³/mol. The van der Waals surface area contributed by atoms with Gasteiger partial charge in [-0.15, -0.1) is 0 Å². The van der Waals surface area contributed by atoms with Gasteiger partial charge in [0.15, 0.2) is 0 Å². The lowest BCUT2D eigenvalue weighted by molar-refractivity contribution is 0.0951. The van der Waals surface area contributed by atoms with Crippen molar-refractivity contribution in [2.75, 3.05) is 5.32 Å². The summed E-state index contributed by atoms with van der Waals surface area (Å²) in [5.41, 5.74) is 3.51. The molecule has 1 saturated carbocycles. The van der Waals surface area contributed by atoms with Crippen LogP contribution in [0.25, 0.3) is 0 Å². The minimum Gasteiger partial charge on any atom is -0.354 e. The molecule has 0 unspecified atom stereocenters. The van der Waals surface area contributed by atoms with Gasteiger partial charge in [0.1, 0.15) is 0 Å². The summed E-state index contributed by atoms with van der Waals surface area (Å²) in [7, 11) is 0. The molecule has 0 radical (unpaired) electrons. The van der Waals surface area contributed by atoms with Crippen LogP contribution < -0.4 is 10.6 Å². The molecule has 3 rings (SSSR count). The number of benzene rings is 1. The zero-order valence-electron chi connectivity index (χ0n) is 11.7. The highest BCUT2D eigenvalue weighted by Crippen LogP contribution is 2.24. The van der Waals surface area contributed by atoms with Crippen LogP contribution >= 0.6 is 15.9 Å². The molecule has 1 heterocycles. The molecule has 5 heteroatoms. The van der Waals surface area contributed by atoms with E-state index in [2.05, 4.69) is 31.5 Å². The van der Waals surface area contributed by atoms with Crippen LogP contribution in [0.5, 0.6) is 0 Å². The third-order valence-electron chi connectivity index (χ3n) is 3.37. The molecule has 0 spiro atoms. The minimum absolute atomic E-state index is 0.0567. The van der Waals surface area contributed by atoms with E-state index in [1.807, 2.05) is 31.2 Å². The Morgan fingerprint density at radius 2 is 2.05 bits per heavy atom. The highest BCUT2D eigenvalue weighted by atomic mass is 79.9. The van der Waals surface area contributed by atoms with E-state index in [0.717, 1.165) is 28.7 Å². The van der Waals surface area contributed by atoms with E-state index in [4.69, 9.17) is 0 Å². The Morgan fingerprint density at radius 3 is 2.76 bits per heavy atom. The summed E-state index contributed by atoms with van der Waals surface area (Å²) in [6, 6.07) is 8.20. The summed E-state index contributed by atoms with van der Waals surface area (Å²) in [5.74, 6) is -0.0567. The molecule has 1 aliphatic rings. The Labute approximate surface area is 132 Å². The van der Waals surface area contributed by atoms with Crippen LogP contribution in [0.2, 0.25) is 0 Å². The number of nitrogens with zero attached hydrogens (tertiary/aromatic N) is 1. The van der Waals surface area contributed by atoms with Crippen molar-refractivity contribution in [3.63, 3.8) is 0 Å². The summed E-state index contributed by atoms with van der Waals surface area (Å²) in [6.45, 7) is 2.04. The standard InChI is InChI=1S/C16H16BrN3O/c1-10-2-3-13(7-15(10)17)19-14-6-11(8-18-9-14)16(21)20-12-4-5-12/h2-3,6-9,12,19H,4-5H2,1H3,(H,20,21). The number of aromatic nitrogens is 1. The molecular formula is C16H16BrN3O. The highest BCUT2D eigenvalue weighted by molar-refractivity contribution is 9.10. The highest BCUT2D eigenvalue weighted by Gasteiger charge is 2.23. The zero-order chi connectivity index (χ0) is 14.8. The first-order valence-electron chi connectivity index (χ1n) is 6.91. The SMILES string of the molecule is Cc1ccc(Nc2cncc(C(=O)NC3CC3)c2)cc1Br. The second-order valence-corrected chi connectivity index (χ2v) is 6.15. The van der Waals surface area contributed by atoms with Crippen LogP contribution in [-0.4, -0.2) is 16.9 Å². The molecule has 1 fully saturated rings. The molecule has 21 heavy (non-hydrogen) atoms. The Balaban J connectivity index is 1.75. The first-order valence-corrected chi connectivity index (χ1v) is 7.70. The lowest BCUT2D eigenvalue weighted by Gasteiger charge is -2.09. The molecule has 2 N–H and O–H groups in total. The summed E-state index contributed by atoms with van der Waals surface area (Å²) in [6.07, 6.45) is 5.46. The Hall–Kier alpha value is -1.88. The van der Waals surface area contributed by atoms with E-state index < -0.39 is 0 Å². The van der Waals surface area contributed by atoms with Crippen molar-refractivity contribution in [3.8, 4) is 0 Å². The van der Waals surface area contributed by atoms with E-state index in [1.165, 1.54) is 5.56 Å². The number of pyridine rings is 1. The van der Waals surface area contributed by atoms with E-state index in [9.17, 15) is 4.79 Å². The number of halogens is 1. The molecule has 0 saturated heterocycles. The third-order valence-corrected chi connectivity index (χ3v) is 4.23. The average molecular weight is 346 g/mol. The Bertz CT molecular complexity index is 683. The molecule has 0 bridgehead atoms. The molecule has 4 nitrogen and oxygen atoms in total. The van der Waals surface area contributed by atoms with Crippen LogP contribution in [0.1, 0.15) is 28.8 Å². The van der Waals surface area contributed by atoms with Gasteiger partial charge in [-0.2, -0.15) is 0 Å². The first-order chi connectivity index (χ1) is 10.1. The third kappa shape index (κ3) is 3.61. The van der Waals surface area contributed by atoms with Gasteiger partial charge < -0.3 is 10.6 Å². The maximum absolute atomic E-state index is 12.0. The van der Waals surface area contributed by atoms with Crippen LogP contribution in [-0.2, 0) is 0 Å². The smallest absolute Gasteiger partial charge is 0.253 e. The number of hydrogen-bond donors (Lipinski definition) is 2. The summed E-state index contributed by atoms with van der Waals surface area (Å²) in [5, 5.41) is 6.23. The van der Waals surface area contributed by atoms with E-state index >= 15 is 0 Å². The number of carbonyl (C=O) groups excluding carboxylic acids is 1. The number of carbonyl (C=O) groups is 1. The normalized spacial score (nSPS) is 13.8. The molecule has 1 amide bonds.